The Morgan fingerprint density at radius 3 is 2.28 bits per heavy atom. The molecule has 0 heterocycles. The molecule has 0 radical (unpaired) electrons. The first-order valence-electron chi connectivity index (χ1n) is 6.68. The van der Waals surface area contributed by atoms with Crippen LogP contribution in [0.25, 0.3) is 0 Å². The van der Waals surface area contributed by atoms with E-state index >= 15 is 0 Å². The third kappa shape index (κ3) is 4.55. The Morgan fingerprint density at radius 2 is 1.78 bits per heavy atom. The highest BCUT2D eigenvalue weighted by Crippen LogP contribution is 2.23. The third-order valence-electron chi connectivity index (χ3n) is 3.15. The van der Waals surface area contributed by atoms with Gasteiger partial charge in [0.25, 0.3) is 0 Å². The van der Waals surface area contributed by atoms with Crippen LogP contribution in [0, 0.1) is 11.8 Å². The van der Waals surface area contributed by atoms with E-state index in [0.717, 1.165) is 13.0 Å². The topological polar surface area (TPSA) is 12.0 Å². The molecule has 1 aromatic carbocycles. The molecule has 1 atom stereocenters. The van der Waals surface area contributed by atoms with Crippen molar-refractivity contribution in [1.29, 1.82) is 0 Å². The summed E-state index contributed by atoms with van der Waals surface area (Å²) in [4.78, 5) is 0. The van der Waals surface area contributed by atoms with Crippen LogP contribution in [0.4, 0.5) is 0 Å². The summed E-state index contributed by atoms with van der Waals surface area (Å²) in [5.74, 6) is 5.99. The standard InChI is InChI=1S/C17H25N/c1-6-7-8-13-18-14(2)15-9-11-16(12-10-15)17(3,4)5/h9-12,14,18H,8,13H2,1-5H3. The van der Waals surface area contributed by atoms with Crippen LogP contribution in [0.15, 0.2) is 24.3 Å². The quantitative estimate of drug-likeness (QED) is 0.621. The summed E-state index contributed by atoms with van der Waals surface area (Å²) in [6.45, 7) is 11.8. The molecule has 0 aromatic heterocycles. The first-order valence-corrected chi connectivity index (χ1v) is 6.68. The Hall–Kier alpha value is -1.26. The molecule has 98 valence electrons. The predicted molar refractivity (Wildman–Crippen MR) is 79.6 cm³/mol. The van der Waals surface area contributed by atoms with Crippen LogP contribution in [0.2, 0.25) is 0 Å². The highest BCUT2D eigenvalue weighted by molar-refractivity contribution is 5.29. The van der Waals surface area contributed by atoms with Gasteiger partial charge in [-0.1, -0.05) is 45.0 Å². The van der Waals surface area contributed by atoms with Crippen LogP contribution in [0.1, 0.15) is 58.2 Å². The Morgan fingerprint density at radius 1 is 1.17 bits per heavy atom. The third-order valence-corrected chi connectivity index (χ3v) is 3.15. The molecule has 0 fully saturated rings. The Kier molecular flexibility index (Phi) is 5.44. The van der Waals surface area contributed by atoms with Crippen molar-refractivity contribution in [1.82, 2.24) is 5.32 Å². The first kappa shape index (κ1) is 14.8. The van der Waals surface area contributed by atoms with Crippen LogP contribution in [-0.2, 0) is 5.41 Å². The summed E-state index contributed by atoms with van der Waals surface area (Å²) in [7, 11) is 0. The highest BCUT2D eigenvalue weighted by atomic mass is 14.9. The van der Waals surface area contributed by atoms with Gasteiger partial charge in [-0.25, -0.2) is 0 Å². The van der Waals surface area contributed by atoms with E-state index in [1.54, 1.807) is 0 Å². The summed E-state index contributed by atoms with van der Waals surface area (Å²) in [6, 6.07) is 9.31. The zero-order valence-corrected chi connectivity index (χ0v) is 12.3. The molecule has 0 saturated heterocycles. The summed E-state index contributed by atoms with van der Waals surface area (Å²) in [5, 5.41) is 3.49. The average molecular weight is 243 g/mol. The molecule has 0 aliphatic carbocycles. The Bertz CT molecular complexity index is 412. The zero-order chi connectivity index (χ0) is 13.6. The monoisotopic (exact) mass is 243 g/mol. The van der Waals surface area contributed by atoms with E-state index in [4.69, 9.17) is 0 Å². The van der Waals surface area contributed by atoms with Gasteiger partial charge in [0.1, 0.15) is 0 Å². The highest BCUT2D eigenvalue weighted by Gasteiger charge is 2.13. The smallest absolute Gasteiger partial charge is 0.0292 e. The lowest BCUT2D eigenvalue weighted by Crippen LogP contribution is -2.19. The fourth-order valence-electron chi connectivity index (χ4n) is 1.87. The van der Waals surface area contributed by atoms with Crippen molar-refractivity contribution in [3.05, 3.63) is 35.4 Å². The van der Waals surface area contributed by atoms with E-state index in [-0.39, 0.29) is 5.41 Å². The maximum Gasteiger partial charge on any atom is 0.0292 e. The minimum atomic E-state index is 0.228. The van der Waals surface area contributed by atoms with Gasteiger partial charge in [0.05, 0.1) is 0 Å². The minimum absolute atomic E-state index is 0.228. The molecule has 1 nitrogen and oxygen atoms in total. The molecule has 1 N–H and O–H groups in total. The van der Waals surface area contributed by atoms with Crippen LogP contribution in [-0.4, -0.2) is 6.54 Å². The van der Waals surface area contributed by atoms with Crippen LogP contribution in [0.3, 0.4) is 0 Å². The molecule has 0 saturated carbocycles. The van der Waals surface area contributed by atoms with Gasteiger partial charge in [0, 0.05) is 19.0 Å². The maximum absolute atomic E-state index is 3.49. The van der Waals surface area contributed by atoms with E-state index in [0.29, 0.717) is 6.04 Å². The van der Waals surface area contributed by atoms with Crippen molar-refractivity contribution in [3.63, 3.8) is 0 Å². The van der Waals surface area contributed by atoms with Crippen molar-refractivity contribution in [2.24, 2.45) is 0 Å². The Balaban J connectivity index is 2.58. The number of hydrogen-bond donors (Lipinski definition) is 1. The molecule has 0 bridgehead atoms. The molecule has 0 spiro atoms. The summed E-state index contributed by atoms with van der Waals surface area (Å²) in [6.07, 6.45) is 0.918. The second kappa shape index (κ2) is 6.61. The van der Waals surface area contributed by atoms with Gasteiger partial charge in [0.2, 0.25) is 0 Å². The molecule has 0 aliphatic rings. The molecule has 18 heavy (non-hydrogen) atoms. The summed E-state index contributed by atoms with van der Waals surface area (Å²) >= 11 is 0. The molecule has 1 rings (SSSR count). The second-order valence-corrected chi connectivity index (χ2v) is 5.72. The first-order chi connectivity index (χ1) is 8.45. The van der Waals surface area contributed by atoms with Gasteiger partial charge in [0.15, 0.2) is 0 Å². The molecule has 1 aromatic rings. The van der Waals surface area contributed by atoms with Gasteiger partial charge in [-0.2, -0.15) is 0 Å². The predicted octanol–water partition coefficient (Wildman–Crippen LogP) is 4.05. The van der Waals surface area contributed by atoms with E-state index in [9.17, 15) is 0 Å². The normalized spacial score (nSPS) is 12.7. The zero-order valence-electron chi connectivity index (χ0n) is 12.3. The van der Waals surface area contributed by atoms with Crippen LogP contribution < -0.4 is 5.32 Å². The van der Waals surface area contributed by atoms with Gasteiger partial charge in [-0.3, -0.25) is 0 Å². The van der Waals surface area contributed by atoms with Crippen LogP contribution in [0.5, 0.6) is 0 Å². The molecule has 0 amide bonds. The lowest BCUT2D eigenvalue weighted by atomic mass is 9.86. The lowest BCUT2D eigenvalue weighted by molar-refractivity contribution is 0.576. The van der Waals surface area contributed by atoms with E-state index in [1.807, 2.05) is 6.92 Å². The SMILES string of the molecule is CC#CCCNC(C)c1ccc(C(C)(C)C)cc1. The molecule has 1 heteroatoms. The van der Waals surface area contributed by atoms with E-state index < -0.39 is 0 Å². The minimum Gasteiger partial charge on any atom is -0.309 e. The molecular formula is C17H25N. The Labute approximate surface area is 112 Å². The average Bonchev–Trinajstić information content (AvgIpc) is 2.33. The van der Waals surface area contributed by atoms with Crippen LogP contribution >= 0.6 is 0 Å². The number of hydrogen-bond acceptors (Lipinski definition) is 1. The van der Waals surface area contributed by atoms with Gasteiger partial charge >= 0.3 is 0 Å². The van der Waals surface area contributed by atoms with Crippen molar-refractivity contribution < 1.29 is 0 Å². The molecule has 1 unspecified atom stereocenters. The summed E-state index contributed by atoms with van der Waals surface area (Å²) in [5.41, 5.74) is 2.95. The van der Waals surface area contributed by atoms with Crippen molar-refractivity contribution in [2.45, 2.75) is 52.5 Å². The van der Waals surface area contributed by atoms with Crippen molar-refractivity contribution in [2.75, 3.05) is 6.54 Å². The fourth-order valence-corrected chi connectivity index (χ4v) is 1.87. The lowest BCUT2D eigenvalue weighted by Gasteiger charge is -2.20. The molecule has 0 aliphatic heterocycles. The number of benzene rings is 1. The van der Waals surface area contributed by atoms with Gasteiger partial charge < -0.3 is 5.32 Å². The van der Waals surface area contributed by atoms with E-state index in [1.165, 1.54) is 11.1 Å². The number of nitrogens with one attached hydrogen (secondary N) is 1. The van der Waals surface area contributed by atoms with Gasteiger partial charge in [-0.15, -0.1) is 11.8 Å². The largest absolute Gasteiger partial charge is 0.309 e. The van der Waals surface area contributed by atoms with Gasteiger partial charge in [-0.05, 0) is 30.4 Å². The second-order valence-electron chi connectivity index (χ2n) is 5.72. The molecular weight excluding hydrogens is 218 g/mol. The van der Waals surface area contributed by atoms with E-state index in [2.05, 4.69) is 69.1 Å². The van der Waals surface area contributed by atoms with Crippen molar-refractivity contribution >= 4 is 0 Å². The number of rotatable bonds is 4. The maximum atomic E-state index is 3.49. The van der Waals surface area contributed by atoms with Crippen molar-refractivity contribution in [3.8, 4) is 11.8 Å². The fraction of sp³-hybridized carbons (Fsp3) is 0.529. The summed E-state index contributed by atoms with van der Waals surface area (Å²) < 4.78 is 0.